The highest BCUT2D eigenvalue weighted by Gasteiger charge is 2.36. The van der Waals surface area contributed by atoms with Crippen molar-refractivity contribution in [2.75, 3.05) is 18.8 Å². The fourth-order valence-electron chi connectivity index (χ4n) is 3.67. The number of rotatable bonds is 2. The molecule has 2 heterocycles. The van der Waals surface area contributed by atoms with Crippen LogP contribution in [0, 0.1) is 0 Å². The first-order chi connectivity index (χ1) is 8.79. The summed E-state index contributed by atoms with van der Waals surface area (Å²) in [5, 5.41) is 0. The fourth-order valence-corrected chi connectivity index (χ4v) is 3.67. The molecule has 1 aliphatic carbocycles. The number of aromatic nitrogens is 2. The number of hydrogen-bond acceptors (Lipinski definition) is 4. The lowest BCUT2D eigenvalue weighted by Gasteiger charge is -2.44. The van der Waals surface area contributed by atoms with Gasteiger partial charge in [0.2, 0.25) is 5.95 Å². The van der Waals surface area contributed by atoms with Crippen LogP contribution in [0.25, 0.3) is 0 Å². The number of piperidine rings is 1. The summed E-state index contributed by atoms with van der Waals surface area (Å²) in [7, 11) is 0. The molecule has 0 spiro atoms. The maximum atomic E-state index is 5.69. The minimum absolute atomic E-state index is 0.424. The lowest BCUT2D eigenvalue weighted by molar-refractivity contribution is 0.112. The molecule has 2 atom stereocenters. The van der Waals surface area contributed by atoms with Gasteiger partial charge in [0.05, 0.1) is 0 Å². The largest absolute Gasteiger partial charge is 0.368 e. The van der Waals surface area contributed by atoms with Gasteiger partial charge in [0.25, 0.3) is 0 Å². The standard InChI is InChI=1S/C14H22N4/c1-2-7-18-8-3-4-10-11-9-16-14(15)17-12(11)5-6-13(10)18/h9-10,13H,2-8H2,1H3,(H2,15,16,17)/t10-,13-/m0/s1. The van der Waals surface area contributed by atoms with E-state index in [9.17, 15) is 0 Å². The molecule has 4 nitrogen and oxygen atoms in total. The van der Waals surface area contributed by atoms with Gasteiger partial charge >= 0.3 is 0 Å². The molecule has 0 saturated carbocycles. The van der Waals surface area contributed by atoms with Crippen molar-refractivity contribution in [3.63, 3.8) is 0 Å². The zero-order valence-corrected chi connectivity index (χ0v) is 11.1. The van der Waals surface area contributed by atoms with Crippen LogP contribution in [-0.4, -0.2) is 34.0 Å². The Hall–Kier alpha value is -1.16. The molecule has 1 aromatic heterocycles. The second kappa shape index (κ2) is 4.84. The summed E-state index contributed by atoms with van der Waals surface area (Å²) in [6.07, 6.45) is 8.09. The highest BCUT2D eigenvalue weighted by molar-refractivity contribution is 5.32. The van der Waals surface area contributed by atoms with Crippen LogP contribution in [0.2, 0.25) is 0 Å². The van der Waals surface area contributed by atoms with E-state index < -0.39 is 0 Å². The number of fused-ring (bicyclic) bond motifs is 3. The molecule has 1 fully saturated rings. The average Bonchev–Trinajstić information content (AvgIpc) is 2.38. The molecule has 0 bridgehead atoms. The molecule has 1 aliphatic heterocycles. The van der Waals surface area contributed by atoms with Gasteiger partial charge in [-0.15, -0.1) is 0 Å². The number of nitrogen functional groups attached to an aromatic ring is 1. The van der Waals surface area contributed by atoms with E-state index in [1.54, 1.807) is 0 Å². The van der Waals surface area contributed by atoms with E-state index in [-0.39, 0.29) is 0 Å². The first kappa shape index (κ1) is 11.9. The van der Waals surface area contributed by atoms with Crippen molar-refractivity contribution in [1.82, 2.24) is 14.9 Å². The topological polar surface area (TPSA) is 55.0 Å². The SMILES string of the molecule is CCCN1CCC[C@H]2c3cnc(N)nc3CC[C@@H]21. The quantitative estimate of drug-likeness (QED) is 0.866. The van der Waals surface area contributed by atoms with Gasteiger partial charge in [-0.1, -0.05) is 6.92 Å². The van der Waals surface area contributed by atoms with Crippen molar-refractivity contribution in [2.45, 2.75) is 51.0 Å². The highest BCUT2D eigenvalue weighted by Crippen LogP contribution is 2.39. The van der Waals surface area contributed by atoms with Gasteiger partial charge in [-0.05, 0) is 50.8 Å². The first-order valence-electron chi connectivity index (χ1n) is 7.15. The molecule has 1 saturated heterocycles. The number of aryl methyl sites for hydroxylation is 1. The van der Waals surface area contributed by atoms with Crippen molar-refractivity contribution in [2.24, 2.45) is 0 Å². The van der Waals surface area contributed by atoms with Crippen molar-refractivity contribution >= 4 is 5.95 Å². The zero-order valence-electron chi connectivity index (χ0n) is 11.1. The molecule has 2 N–H and O–H groups in total. The number of nitrogens with zero attached hydrogens (tertiary/aromatic N) is 3. The minimum Gasteiger partial charge on any atom is -0.368 e. The second-order valence-electron chi connectivity index (χ2n) is 5.52. The van der Waals surface area contributed by atoms with Gasteiger partial charge in [0.15, 0.2) is 0 Å². The molecule has 2 aliphatic rings. The molecule has 0 unspecified atom stereocenters. The monoisotopic (exact) mass is 246 g/mol. The molecular weight excluding hydrogens is 224 g/mol. The number of anilines is 1. The van der Waals surface area contributed by atoms with Crippen LogP contribution in [0.3, 0.4) is 0 Å². The number of nitrogens with two attached hydrogens (primary N) is 1. The molecule has 4 heteroatoms. The van der Waals surface area contributed by atoms with E-state index in [0.29, 0.717) is 17.9 Å². The van der Waals surface area contributed by atoms with Crippen molar-refractivity contribution in [3.05, 3.63) is 17.5 Å². The molecule has 0 aromatic carbocycles. The minimum atomic E-state index is 0.424. The van der Waals surface area contributed by atoms with E-state index >= 15 is 0 Å². The molecule has 18 heavy (non-hydrogen) atoms. The Labute approximate surface area is 109 Å². The summed E-state index contributed by atoms with van der Waals surface area (Å²) in [6, 6.07) is 0.707. The Kier molecular flexibility index (Phi) is 3.20. The molecule has 0 radical (unpaired) electrons. The molecular formula is C14H22N4. The zero-order chi connectivity index (χ0) is 12.5. The van der Waals surface area contributed by atoms with Crippen LogP contribution in [0.15, 0.2) is 6.20 Å². The van der Waals surface area contributed by atoms with Gasteiger partial charge in [0, 0.05) is 23.9 Å². The molecule has 1 aromatic rings. The van der Waals surface area contributed by atoms with Crippen molar-refractivity contribution in [3.8, 4) is 0 Å². The van der Waals surface area contributed by atoms with Gasteiger partial charge in [0.1, 0.15) is 0 Å². The summed E-state index contributed by atoms with van der Waals surface area (Å²) in [5.74, 6) is 1.06. The van der Waals surface area contributed by atoms with Crippen molar-refractivity contribution in [1.29, 1.82) is 0 Å². The van der Waals surface area contributed by atoms with Gasteiger partial charge in [-0.3, -0.25) is 4.90 Å². The number of likely N-dealkylation sites (tertiary alicyclic amines) is 1. The van der Waals surface area contributed by atoms with E-state index in [2.05, 4.69) is 21.8 Å². The lowest BCUT2D eigenvalue weighted by Crippen LogP contribution is -2.46. The molecule has 98 valence electrons. The Morgan fingerprint density at radius 3 is 3.17 bits per heavy atom. The van der Waals surface area contributed by atoms with Gasteiger partial charge in [-0.25, -0.2) is 9.97 Å². The average molecular weight is 246 g/mol. The number of hydrogen-bond donors (Lipinski definition) is 1. The lowest BCUT2D eigenvalue weighted by atomic mass is 9.76. The van der Waals surface area contributed by atoms with E-state index in [1.807, 2.05) is 6.20 Å². The normalized spacial score (nSPS) is 27.6. The van der Waals surface area contributed by atoms with Crippen LogP contribution in [0.1, 0.15) is 49.8 Å². The third-order valence-electron chi connectivity index (χ3n) is 4.40. The Morgan fingerprint density at radius 1 is 1.44 bits per heavy atom. The highest BCUT2D eigenvalue weighted by atomic mass is 15.2. The van der Waals surface area contributed by atoms with E-state index in [1.165, 1.54) is 50.0 Å². The third kappa shape index (κ3) is 1.99. The second-order valence-corrected chi connectivity index (χ2v) is 5.52. The summed E-state index contributed by atoms with van der Waals surface area (Å²) < 4.78 is 0. The van der Waals surface area contributed by atoms with E-state index in [4.69, 9.17) is 5.73 Å². The summed E-state index contributed by atoms with van der Waals surface area (Å²) >= 11 is 0. The first-order valence-corrected chi connectivity index (χ1v) is 7.15. The molecule has 0 amide bonds. The Bertz CT molecular complexity index is 430. The third-order valence-corrected chi connectivity index (χ3v) is 4.40. The summed E-state index contributed by atoms with van der Waals surface area (Å²) in [6.45, 7) is 4.76. The van der Waals surface area contributed by atoms with Crippen molar-refractivity contribution < 1.29 is 0 Å². The fraction of sp³-hybridized carbons (Fsp3) is 0.714. The van der Waals surface area contributed by atoms with E-state index in [0.717, 1.165) is 6.42 Å². The summed E-state index contributed by atoms with van der Waals surface area (Å²) in [5.41, 5.74) is 8.25. The summed E-state index contributed by atoms with van der Waals surface area (Å²) in [4.78, 5) is 11.3. The predicted octanol–water partition coefficient (Wildman–Crippen LogP) is 1.96. The van der Waals surface area contributed by atoms with Gasteiger partial charge < -0.3 is 5.73 Å². The molecule has 3 rings (SSSR count). The maximum absolute atomic E-state index is 5.69. The van der Waals surface area contributed by atoms with Gasteiger partial charge in [-0.2, -0.15) is 0 Å². The van der Waals surface area contributed by atoms with Crippen LogP contribution in [0.5, 0.6) is 0 Å². The van der Waals surface area contributed by atoms with Crippen LogP contribution in [-0.2, 0) is 6.42 Å². The Balaban J connectivity index is 1.89. The van der Waals surface area contributed by atoms with Crippen LogP contribution >= 0.6 is 0 Å². The van der Waals surface area contributed by atoms with Crippen LogP contribution < -0.4 is 5.73 Å². The Morgan fingerprint density at radius 2 is 2.33 bits per heavy atom. The predicted molar refractivity (Wildman–Crippen MR) is 72.4 cm³/mol. The van der Waals surface area contributed by atoms with Crippen LogP contribution in [0.4, 0.5) is 5.95 Å². The smallest absolute Gasteiger partial charge is 0.220 e. The maximum Gasteiger partial charge on any atom is 0.220 e.